The summed E-state index contributed by atoms with van der Waals surface area (Å²) in [6, 6.07) is 17.9. The number of imide groups is 1. The Morgan fingerprint density at radius 2 is 1.39 bits per heavy atom. The number of amides is 2. The molecule has 1 atom stereocenters. The van der Waals surface area contributed by atoms with Gasteiger partial charge in [0, 0.05) is 10.8 Å². The van der Waals surface area contributed by atoms with Gasteiger partial charge in [0.2, 0.25) is 0 Å². The molecule has 0 spiro atoms. The second-order valence-corrected chi connectivity index (χ2v) is 6.54. The van der Waals surface area contributed by atoms with Gasteiger partial charge in [-0.15, -0.1) is 0 Å². The van der Waals surface area contributed by atoms with Crippen LogP contribution in [0.3, 0.4) is 0 Å². The van der Waals surface area contributed by atoms with Gasteiger partial charge in [0.05, 0.1) is 24.8 Å². The minimum Gasteiger partial charge on any atom is -0.496 e. The average Bonchev–Trinajstić information content (AvgIpc) is 2.97. The number of methoxy groups -OCH3 is 1. The maximum Gasteiger partial charge on any atom is 0.261 e. The zero-order chi connectivity index (χ0) is 19.7. The number of carbonyl (C=O) groups is 2. The summed E-state index contributed by atoms with van der Waals surface area (Å²) in [5, 5.41) is 12.1. The number of hydrogen-bond donors (Lipinski definition) is 1. The SMILES string of the molecule is COc1ccc(OCC(O)CN2C(=O)c3ccccc3C2=O)c2ccccc12. The number of carbonyl (C=O) groups excluding carboxylic acids is 2. The van der Waals surface area contributed by atoms with Gasteiger partial charge in [-0.3, -0.25) is 14.5 Å². The molecule has 28 heavy (non-hydrogen) atoms. The first-order valence-corrected chi connectivity index (χ1v) is 8.92. The Kier molecular flexibility index (Phi) is 4.71. The lowest BCUT2D eigenvalue weighted by Crippen LogP contribution is -2.39. The number of aliphatic hydroxyl groups excluding tert-OH is 1. The van der Waals surface area contributed by atoms with E-state index < -0.39 is 17.9 Å². The Hall–Kier alpha value is -3.38. The highest BCUT2D eigenvalue weighted by Crippen LogP contribution is 2.33. The van der Waals surface area contributed by atoms with Crippen molar-refractivity contribution in [1.82, 2.24) is 4.90 Å². The van der Waals surface area contributed by atoms with Crippen molar-refractivity contribution in [2.75, 3.05) is 20.3 Å². The van der Waals surface area contributed by atoms with Crippen LogP contribution in [0.5, 0.6) is 11.5 Å². The number of fused-ring (bicyclic) bond motifs is 2. The Morgan fingerprint density at radius 3 is 2.00 bits per heavy atom. The molecule has 0 aliphatic carbocycles. The van der Waals surface area contributed by atoms with Gasteiger partial charge in [0.1, 0.15) is 24.2 Å². The highest BCUT2D eigenvalue weighted by atomic mass is 16.5. The summed E-state index contributed by atoms with van der Waals surface area (Å²) in [7, 11) is 1.61. The van der Waals surface area contributed by atoms with Crippen LogP contribution in [-0.2, 0) is 0 Å². The summed E-state index contributed by atoms with van der Waals surface area (Å²) >= 11 is 0. The predicted octanol–water partition coefficient (Wildman–Crippen LogP) is 2.88. The molecule has 0 saturated heterocycles. The van der Waals surface area contributed by atoms with Crippen molar-refractivity contribution in [1.29, 1.82) is 0 Å². The lowest BCUT2D eigenvalue weighted by atomic mass is 10.1. The van der Waals surface area contributed by atoms with Crippen LogP contribution in [0, 0.1) is 0 Å². The fourth-order valence-corrected chi connectivity index (χ4v) is 3.40. The fourth-order valence-electron chi connectivity index (χ4n) is 3.40. The molecule has 0 bridgehead atoms. The van der Waals surface area contributed by atoms with E-state index >= 15 is 0 Å². The van der Waals surface area contributed by atoms with Crippen LogP contribution in [0.1, 0.15) is 20.7 Å². The quantitative estimate of drug-likeness (QED) is 0.669. The Balaban J connectivity index is 1.46. The number of rotatable bonds is 6. The van der Waals surface area contributed by atoms with E-state index in [4.69, 9.17) is 9.47 Å². The molecule has 6 heteroatoms. The van der Waals surface area contributed by atoms with Crippen molar-refractivity contribution in [3.63, 3.8) is 0 Å². The highest BCUT2D eigenvalue weighted by molar-refractivity contribution is 6.21. The molecule has 0 radical (unpaired) electrons. The molecule has 1 aliphatic heterocycles. The third kappa shape index (κ3) is 3.08. The minimum absolute atomic E-state index is 0.0519. The lowest BCUT2D eigenvalue weighted by molar-refractivity contribution is 0.0458. The molecule has 3 aromatic carbocycles. The van der Waals surface area contributed by atoms with Crippen molar-refractivity contribution in [3.8, 4) is 11.5 Å². The second kappa shape index (κ2) is 7.32. The van der Waals surface area contributed by atoms with E-state index in [9.17, 15) is 14.7 Å². The molecule has 0 fully saturated rings. The molecule has 6 nitrogen and oxygen atoms in total. The zero-order valence-electron chi connectivity index (χ0n) is 15.3. The van der Waals surface area contributed by atoms with Crippen molar-refractivity contribution < 1.29 is 24.2 Å². The summed E-state index contributed by atoms with van der Waals surface area (Å²) in [6.07, 6.45) is -1.01. The van der Waals surface area contributed by atoms with Gasteiger partial charge in [0.25, 0.3) is 11.8 Å². The van der Waals surface area contributed by atoms with Gasteiger partial charge in [0.15, 0.2) is 0 Å². The van der Waals surface area contributed by atoms with Gasteiger partial charge in [-0.25, -0.2) is 0 Å². The molecule has 1 aliphatic rings. The molecule has 4 rings (SSSR count). The third-order valence-electron chi connectivity index (χ3n) is 4.77. The van der Waals surface area contributed by atoms with Crippen molar-refractivity contribution in [3.05, 3.63) is 71.8 Å². The van der Waals surface area contributed by atoms with Crippen LogP contribution >= 0.6 is 0 Å². The van der Waals surface area contributed by atoms with Crippen LogP contribution in [0.4, 0.5) is 0 Å². The van der Waals surface area contributed by atoms with Crippen LogP contribution < -0.4 is 9.47 Å². The summed E-state index contributed by atoms with van der Waals surface area (Å²) in [4.78, 5) is 25.9. The van der Waals surface area contributed by atoms with Crippen LogP contribution in [-0.4, -0.2) is 48.2 Å². The molecular formula is C22H19NO5. The first-order chi connectivity index (χ1) is 13.6. The highest BCUT2D eigenvalue weighted by Gasteiger charge is 2.36. The van der Waals surface area contributed by atoms with Crippen molar-refractivity contribution in [2.24, 2.45) is 0 Å². The number of hydrogen-bond acceptors (Lipinski definition) is 5. The van der Waals surface area contributed by atoms with Gasteiger partial charge in [-0.1, -0.05) is 36.4 Å². The number of benzene rings is 3. The van der Waals surface area contributed by atoms with Gasteiger partial charge >= 0.3 is 0 Å². The second-order valence-electron chi connectivity index (χ2n) is 6.54. The Morgan fingerprint density at radius 1 is 0.857 bits per heavy atom. The summed E-state index contributed by atoms with van der Waals surface area (Å²) in [6.45, 7) is -0.176. The van der Waals surface area contributed by atoms with Crippen molar-refractivity contribution in [2.45, 2.75) is 6.10 Å². The van der Waals surface area contributed by atoms with E-state index in [-0.39, 0.29) is 13.2 Å². The summed E-state index contributed by atoms with van der Waals surface area (Å²) in [5.74, 6) is 0.538. The summed E-state index contributed by atoms with van der Waals surface area (Å²) < 4.78 is 11.1. The number of aliphatic hydroxyl groups is 1. The van der Waals surface area contributed by atoms with Gasteiger partial charge in [-0.05, 0) is 24.3 Å². The number of ether oxygens (including phenoxy) is 2. The predicted molar refractivity (Wildman–Crippen MR) is 104 cm³/mol. The first kappa shape index (κ1) is 18.0. The number of β-amino-alcohol motifs (C(OH)–C–C–N with tert-alkyl or cyclic N) is 1. The Bertz CT molecular complexity index is 1030. The lowest BCUT2D eigenvalue weighted by Gasteiger charge is -2.19. The van der Waals surface area contributed by atoms with Gasteiger partial charge in [-0.2, -0.15) is 0 Å². The molecular weight excluding hydrogens is 358 g/mol. The van der Waals surface area contributed by atoms with E-state index in [1.165, 1.54) is 0 Å². The molecule has 3 aromatic rings. The van der Waals surface area contributed by atoms with E-state index in [1.807, 2.05) is 24.3 Å². The molecule has 0 saturated carbocycles. The standard InChI is InChI=1S/C22H19NO5/c1-27-19-10-11-20(16-7-3-2-6-15(16)19)28-13-14(24)12-23-21(25)17-8-4-5-9-18(17)22(23)26/h2-11,14,24H,12-13H2,1H3. The van der Waals surface area contributed by atoms with Crippen LogP contribution in [0.15, 0.2) is 60.7 Å². The molecule has 1 unspecified atom stereocenters. The molecule has 1 heterocycles. The normalized spacial score (nSPS) is 14.3. The third-order valence-corrected chi connectivity index (χ3v) is 4.77. The minimum atomic E-state index is -1.01. The topological polar surface area (TPSA) is 76.1 Å². The molecule has 142 valence electrons. The Labute approximate surface area is 161 Å². The van der Waals surface area contributed by atoms with E-state index in [1.54, 1.807) is 43.5 Å². The maximum atomic E-state index is 12.4. The maximum absolute atomic E-state index is 12.4. The van der Waals surface area contributed by atoms with E-state index in [2.05, 4.69) is 0 Å². The first-order valence-electron chi connectivity index (χ1n) is 8.92. The van der Waals surface area contributed by atoms with E-state index in [0.29, 0.717) is 16.9 Å². The largest absolute Gasteiger partial charge is 0.496 e. The average molecular weight is 377 g/mol. The molecule has 2 amide bonds. The zero-order valence-corrected chi connectivity index (χ0v) is 15.3. The fraction of sp³-hybridized carbons (Fsp3) is 0.182. The van der Waals surface area contributed by atoms with E-state index in [0.717, 1.165) is 21.4 Å². The van der Waals surface area contributed by atoms with Gasteiger partial charge < -0.3 is 14.6 Å². The smallest absolute Gasteiger partial charge is 0.261 e. The molecule has 1 N–H and O–H groups in total. The molecule has 0 aromatic heterocycles. The van der Waals surface area contributed by atoms with Crippen LogP contribution in [0.2, 0.25) is 0 Å². The summed E-state index contributed by atoms with van der Waals surface area (Å²) in [5.41, 5.74) is 0.725. The van der Waals surface area contributed by atoms with Crippen LogP contribution in [0.25, 0.3) is 10.8 Å². The number of nitrogens with zero attached hydrogens (tertiary/aromatic N) is 1. The monoisotopic (exact) mass is 377 g/mol. The van der Waals surface area contributed by atoms with Crippen molar-refractivity contribution >= 4 is 22.6 Å².